The average molecular weight is 406 g/mol. The molecule has 0 spiro atoms. The molecule has 2 aromatic rings. The van der Waals surface area contributed by atoms with Gasteiger partial charge in [0.25, 0.3) is 10.0 Å². The van der Waals surface area contributed by atoms with Crippen LogP contribution < -0.4 is 0 Å². The fraction of sp³-hybridized carbons (Fsp3) is 0.381. The molecule has 152 valence electrons. The molecule has 6 nitrogen and oxygen atoms in total. The molecule has 2 rings (SSSR count). The second kappa shape index (κ2) is 9.21. The van der Waals surface area contributed by atoms with E-state index in [0.29, 0.717) is 6.42 Å². The molecule has 0 saturated carbocycles. The van der Waals surface area contributed by atoms with E-state index in [1.165, 1.54) is 12.1 Å². The van der Waals surface area contributed by atoms with E-state index in [1.54, 1.807) is 39.0 Å². The van der Waals surface area contributed by atoms with Gasteiger partial charge in [-0.3, -0.25) is 0 Å². The van der Waals surface area contributed by atoms with Crippen molar-refractivity contribution in [1.29, 1.82) is 0 Å². The number of hydrogen-bond donors (Lipinski definition) is 1. The van der Waals surface area contributed by atoms with Crippen molar-refractivity contribution in [2.75, 3.05) is 13.2 Å². The zero-order valence-corrected chi connectivity index (χ0v) is 17.2. The summed E-state index contributed by atoms with van der Waals surface area (Å²) in [6.45, 7) is 4.78. The molecule has 1 N–H and O–H groups in total. The number of rotatable bonds is 7. The van der Waals surface area contributed by atoms with E-state index >= 15 is 0 Å². The molecule has 7 heteroatoms. The van der Waals surface area contributed by atoms with Gasteiger partial charge < -0.3 is 9.84 Å². The van der Waals surface area contributed by atoms with Crippen LogP contribution in [0.15, 0.2) is 65.6 Å². The first kappa shape index (κ1) is 21.9. The predicted octanol–water partition coefficient (Wildman–Crippen LogP) is 3.78. The summed E-state index contributed by atoms with van der Waals surface area (Å²) in [5.74, 6) is -0.364. The van der Waals surface area contributed by atoms with Gasteiger partial charge in [0, 0.05) is 19.1 Å². The predicted molar refractivity (Wildman–Crippen MR) is 107 cm³/mol. The maximum atomic E-state index is 13.2. The Morgan fingerprint density at radius 2 is 1.57 bits per heavy atom. The third-order valence-electron chi connectivity index (χ3n) is 4.06. The minimum atomic E-state index is -4.12. The Bertz CT molecular complexity index is 861. The second-order valence-electron chi connectivity index (χ2n) is 7.45. The molecular weight excluding hydrogens is 378 g/mol. The van der Waals surface area contributed by atoms with E-state index in [-0.39, 0.29) is 24.0 Å². The number of ether oxygens (including phenoxy) is 1. The lowest BCUT2D eigenvalue weighted by Gasteiger charge is -2.30. The van der Waals surface area contributed by atoms with Gasteiger partial charge in [0.05, 0.1) is 4.90 Å². The van der Waals surface area contributed by atoms with Gasteiger partial charge in [-0.15, -0.1) is 0 Å². The second-order valence-corrected chi connectivity index (χ2v) is 9.31. The van der Waals surface area contributed by atoms with Crippen molar-refractivity contribution in [3.8, 4) is 0 Å². The molecule has 0 aliphatic carbocycles. The Kier molecular flexibility index (Phi) is 7.21. The SMILES string of the molecule is CC(C)(C)OC(=O)N(CC(CCO)c1ccccc1)S(=O)(=O)c1ccccc1. The summed E-state index contributed by atoms with van der Waals surface area (Å²) in [4.78, 5) is 12.8. The third-order valence-corrected chi connectivity index (χ3v) is 5.81. The smallest absolute Gasteiger partial charge is 0.424 e. The number of amides is 1. The molecule has 28 heavy (non-hydrogen) atoms. The standard InChI is InChI=1S/C21H27NO5S/c1-21(2,3)27-20(24)22(28(25,26)19-12-8-5-9-13-19)16-18(14-15-23)17-10-6-4-7-11-17/h4-13,18,23H,14-16H2,1-3H3. The van der Waals surface area contributed by atoms with Gasteiger partial charge in [0.2, 0.25) is 0 Å². The van der Waals surface area contributed by atoms with Crippen molar-refractivity contribution in [2.24, 2.45) is 0 Å². The highest BCUT2D eigenvalue weighted by Crippen LogP contribution is 2.26. The van der Waals surface area contributed by atoms with E-state index in [0.717, 1.165) is 9.87 Å². The Hall–Kier alpha value is -2.38. The third kappa shape index (κ3) is 5.81. The first-order chi connectivity index (χ1) is 13.1. The van der Waals surface area contributed by atoms with Gasteiger partial charge in [0.1, 0.15) is 5.60 Å². The molecule has 0 bridgehead atoms. The number of carbonyl (C=O) groups excluding carboxylic acids is 1. The summed E-state index contributed by atoms with van der Waals surface area (Å²) < 4.78 is 32.5. The number of aliphatic hydroxyl groups is 1. The summed E-state index contributed by atoms with van der Waals surface area (Å²) in [6, 6.07) is 17.0. The van der Waals surface area contributed by atoms with Crippen LogP contribution in [0.25, 0.3) is 0 Å². The fourth-order valence-electron chi connectivity index (χ4n) is 2.75. The lowest BCUT2D eigenvalue weighted by atomic mass is 9.96. The normalized spacial score (nSPS) is 13.0. The van der Waals surface area contributed by atoms with Crippen LogP contribution in [-0.2, 0) is 14.8 Å². The lowest BCUT2D eigenvalue weighted by molar-refractivity contribution is 0.0380. The molecule has 0 saturated heterocycles. The minimum Gasteiger partial charge on any atom is -0.443 e. The van der Waals surface area contributed by atoms with E-state index in [9.17, 15) is 18.3 Å². The maximum absolute atomic E-state index is 13.2. The zero-order valence-electron chi connectivity index (χ0n) is 16.4. The van der Waals surface area contributed by atoms with Gasteiger partial charge in [-0.05, 0) is 44.9 Å². The van der Waals surface area contributed by atoms with Crippen molar-refractivity contribution in [3.05, 3.63) is 66.2 Å². The van der Waals surface area contributed by atoms with Gasteiger partial charge in [-0.2, -0.15) is 4.31 Å². The van der Waals surface area contributed by atoms with Crippen LogP contribution in [0.2, 0.25) is 0 Å². The number of nitrogens with zero attached hydrogens (tertiary/aromatic N) is 1. The Balaban J connectivity index is 2.44. The maximum Gasteiger partial charge on any atom is 0.424 e. The topological polar surface area (TPSA) is 83.9 Å². The van der Waals surface area contributed by atoms with Crippen molar-refractivity contribution in [2.45, 2.75) is 43.6 Å². The van der Waals surface area contributed by atoms with Gasteiger partial charge >= 0.3 is 6.09 Å². The van der Waals surface area contributed by atoms with Gasteiger partial charge in [0.15, 0.2) is 0 Å². The molecule has 0 aromatic heterocycles. The number of carbonyl (C=O) groups is 1. The molecule has 0 aliphatic rings. The van der Waals surface area contributed by atoms with Crippen LogP contribution in [-0.4, -0.2) is 42.7 Å². The molecule has 0 radical (unpaired) electrons. The molecule has 0 heterocycles. The number of aliphatic hydroxyl groups excluding tert-OH is 1. The van der Waals surface area contributed by atoms with Gasteiger partial charge in [-0.1, -0.05) is 48.5 Å². The lowest BCUT2D eigenvalue weighted by Crippen LogP contribution is -2.43. The highest BCUT2D eigenvalue weighted by Gasteiger charge is 2.35. The summed E-state index contributed by atoms with van der Waals surface area (Å²) in [7, 11) is -4.12. The molecule has 0 aliphatic heterocycles. The van der Waals surface area contributed by atoms with Crippen LogP contribution in [0.3, 0.4) is 0 Å². The zero-order chi connectivity index (χ0) is 20.8. The number of sulfonamides is 1. The van der Waals surface area contributed by atoms with Crippen LogP contribution in [0.1, 0.15) is 38.7 Å². The van der Waals surface area contributed by atoms with Crippen LogP contribution >= 0.6 is 0 Å². The van der Waals surface area contributed by atoms with Gasteiger partial charge in [-0.25, -0.2) is 13.2 Å². The Morgan fingerprint density at radius 1 is 1.04 bits per heavy atom. The van der Waals surface area contributed by atoms with E-state index in [1.807, 2.05) is 30.3 Å². The number of hydrogen-bond acceptors (Lipinski definition) is 5. The highest BCUT2D eigenvalue weighted by atomic mass is 32.2. The molecule has 1 unspecified atom stereocenters. The first-order valence-corrected chi connectivity index (χ1v) is 10.6. The molecular formula is C21H27NO5S. The quantitative estimate of drug-likeness (QED) is 0.758. The molecule has 0 fully saturated rings. The van der Waals surface area contributed by atoms with Crippen molar-refractivity contribution in [1.82, 2.24) is 4.31 Å². The minimum absolute atomic E-state index is 0.0108. The molecule has 1 atom stereocenters. The Labute approximate surface area is 166 Å². The van der Waals surface area contributed by atoms with E-state index < -0.39 is 21.7 Å². The molecule has 1 amide bonds. The fourth-order valence-corrected chi connectivity index (χ4v) is 4.11. The summed E-state index contributed by atoms with van der Waals surface area (Å²) in [5.41, 5.74) is -0.00538. The van der Waals surface area contributed by atoms with Crippen molar-refractivity contribution in [3.63, 3.8) is 0 Å². The average Bonchev–Trinajstić information content (AvgIpc) is 2.65. The van der Waals surface area contributed by atoms with E-state index in [2.05, 4.69) is 0 Å². The highest BCUT2D eigenvalue weighted by molar-refractivity contribution is 7.89. The Morgan fingerprint density at radius 3 is 2.07 bits per heavy atom. The summed E-state index contributed by atoms with van der Waals surface area (Å²) in [5, 5.41) is 9.47. The largest absolute Gasteiger partial charge is 0.443 e. The van der Waals surface area contributed by atoms with Crippen molar-refractivity contribution < 1.29 is 23.1 Å². The van der Waals surface area contributed by atoms with Crippen LogP contribution in [0.5, 0.6) is 0 Å². The summed E-state index contributed by atoms with van der Waals surface area (Å²) >= 11 is 0. The number of benzene rings is 2. The van der Waals surface area contributed by atoms with E-state index in [4.69, 9.17) is 4.74 Å². The molecule has 2 aromatic carbocycles. The monoisotopic (exact) mass is 405 g/mol. The summed E-state index contributed by atoms with van der Waals surface area (Å²) in [6.07, 6.45) is -0.622. The van der Waals surface area contributed by atoms with Crippen LogP contribution in [0.4, 0.5) is 4.79 Å². The van der Waals surface area contributed by atoms with Crippen molar-refractivity contribution >= 4 is 16.1 Å². The van der Waals surface area contributed by atoms with Crippen LogP contribution in [0, 0.1) is 0 Å². The first-order valence-electron chi connectivity index (χ1n) is 9.12.